The quantitative estimate of drug-likeness (QED) is 0.893. The van der Waals surface area contributed by atoms with Gasteiger partial charge in [0, 0.05) is 18.6 Å². The van der Waals surface area contributed by atoms with Gasteiger partial charge in [0.15, 0.2) is 0 Å². The van der Waals surface area contributed by atoms with Crippen molar-refractivity contribution in [2.24, 2.45) is 0 Å². The number of rotatable bonds is 5. The first-order valence-electron chi connectivity index (χ1n) is 5.72. The third-order valence-electron chi connectivity index (χ3n) is 2.62. The Morgan fingerprint density at radius 1 is 1.56 bits per heavy atom. The monoisotopic (exact) mass is 271 g/mol. The van der Waals surface area contributed by atoms with Gasteiger partial charge in [0.2, 0.25) is 0 Å². The molecule has 0 saturated heterocycles. The minimum Gasteiger partial charge on any atom is -0.496 e. The minimum absolute atomic E-state index is 0.171. The second kappa shape index (κ2) is 6.61. The Bertz CT molecular complexity index is 421. The van der Waals surface area contributed by atoms with Crippen LogP contribution in [0, 0.1) is 0 Å². The maximum Gasteiger partial charge on any atom is 0.257 e. The van der Waals surface area contributed by atoms with Gasteiger partial charge in [-0.2, -0.15) is 0 Å². The fourth-order valence-corrected chi connectivity index (χ4v) is 1.71. The summed E-state index contributed by atoms with van der Waals surface area (Å²) in [6.45, 7) is 2.17. The van der Waals surface area contributed by atoms with Gasteiger partial charge in [-0.05, 0) is 31.5 Å². The number of hydrogen-bond acceptors (Lipinski definition) is 3. The zero-order chi connectivity index (χ0) is 13.7. The van der Waals surface area contributed by atoms with Gasteiger partial charge >= 0.3 is 0 Å². The Hall–Kier alpha value is -1.26. The second-order valence-corrected chi connectivity index (χ2v) is 4.65. The Morgan fingerprint density at radius 2 is 2.22 bits per heavy atom. The molecule has 0 fully saturated rings. The molecule has 1 N–H and O–H groups in total. The molecule has 1 amide bonds. The Kier molecular flexibility index (Phi) is 5.44. The van der Waals surface area contributed by atoms with Crippen molar-refractivity contribution in [3.63, 3.8) is 0 Å². The van der Waals surface area contributed by atoms with Crippen LogP contribution in [0.2, 0.25) is 5.02 Å². The number of methoxy groups -OCH3 is 1. The average Bonchev–Trinajstić information content (AvgIpc) is 2.34. The largest absolute Gasteiger partial charge is 0.496 e. The second-order valence-electron chi connectivity index (χ2n) is 4.21. The van der Waals surface area contributed by atoms with E-state index >= 15 is 0 Å². The van der Waals surface area contributed by atoms with Crippen molar-refractivity contribution < 1.29 is 14.6 Å². The van der Waals surface area contributed by atoms with E-state index in [4.69, 9.17) is 16.3 Å². The number of nitrogens with zero attached hydrogens (tertiary/aromatic N) is 1. The molecule has 1 aromatic carbocycles. The van der Waals surface area contributed by atoms with E-state index in [9.17, 15) is 9.90 Å². The van der Waals surface area contributed by atoms with Crippen LogP contribution in [0.5, 0.6) is 5.75 Å². The molecular formula is C13H18ClNO3. The molecule has 1 rings (SSSR count). The number of halogens is 1. The number of aliphatic hydroxyl groups excluding tert-OH is 1. The summed E-state index contributed by atoms with van der Waals surface area (Å²) in [5.74, 6) is 0.322. The van der Waals surface area contributed by atoms with Crippen LogP contribution >= 0.6 is 11.6 Å². The zero-order valence-electron chi connectivity index (χ0n) is 10.8. The molecule has 1 unspecified atom stereocenters. The lowest BCUT2D eigenvalue weighted by Crippen LogP contribution is -2.29. The SMILES string of the molecule is COc1ccc(Cl)cc1C(=O)N(C)CCC(C)O. The molecule has 5 heteroatoms. The van der Waals surface area contributed by atoms with Crippen molar-refractivity contribution >= 4 is 17.5 Å². The van der Waals surface area contributed by atoms with Crippen LogP contribution in [0.1, 0.15) is 23.7 Å². The number of amides is 1. The van der Waals surface area contributed by atoms with Crippen LogP contribution in [-0.4, -0.2) is 42.7 Å². The fourth-order valence-electron chi connectivity index (χ4n) is 1.53. The van der Waals surface area contributed by atoms with E-state index in [0.717, 1.165) is 0 Å². The van der Waals surface area contributed by atoms with E-state index < -0.39 is 6.10 Å². The molecule has 0 aliphatic carbocycles. The summed E-state index contributed by atoms with van der Waals surface area (Å²) < 4.78 is 5.14. The lowest BCUT2D eigenvalue weighted by Gasteiger charge is -2.19. The molecule has 0 spiro atoms. The molecule has 1 atom stereocenters. The summed E-state index contributed by atoms with van der Waals surface area (Å²) in [7, 11) is 3.20. The molecule has 4 nitrogen and oxygen atoms in total. The highest BCUT2D eigenvalue weighted by Crippen LogP contribution is 2.23. The maximum atomic E-state index is 12.2. The van der Waals surface area contributed by atoms with Gasteiger partial charge < -0.3 is 14.7 Å². The maximum absolute atomic E-state index is 12.2. The van der Waals surface area contributed by atoms with Crippen molar-refractivity contribution in [2.75, 3.05) is 20.7 Å². The van der Waals surface area contributed by atoms with Gasteiger partial charge in [-0.25, -0.2) is 0 Å². The molecule has 1 aromatic rings. The number of carbonyl (C=O) groups excluding carboxylic acids is 1. The highest BCUT2D eigenvalue weighted by molar-refractivity contribution is 6.31. The minimum atomic E-state index is -0.429. The first-order valence-corrected chi connectivity index (χ1v) is 6.10. The standard InChI is InChI=1S/C13H18ClNO3/c1-9(16)6-7-15(2)13(17)11-8-10(14)4-5-12(11)18-3/h4-5,8-9,16H,6-7H2,1-3H3. The van der Waals surface area contributed by atoms with Crippen molar-refractivity contribution in [1.82, 2.24) is 4.90 Å². The van der Waals surface area contributed by atoms with Gasteiger partial charge in [-0.15, -0.1) is 0 Å². The normalized spacial score (nSPS) is 12.1. The number of carbonyl (C=O) groups is 1. The predicted molar refractivity (Wildman–Crippen MR) is 71.3 cm³/mol. The summed E-state index contributed by atoms with van der Waals surface area (Å²) in [6.07, 6.45) is 0.104. The smallest absolute Gasteiger partial charge is 0.257 e. The summed E-state index contributed by atoms with van der Waals surface area (Å²) in [4.78, 5) is 13.7. The van der Waals surface area contributed by atoms with Gasteiger partial charge in [-0.1, -0.05) is 11.6 Å². The van der Waals surface area contributed by atoms with Gasteiger partial charge in [0.25, 0.3) is 5.91 Å². The molecule has 0 aliphatic heterocycles. The van der Waals surface area contributed by atoms with E-state index in [1.807, 2.05) is 0 Å². The molecule has 0 aliphatic rings. The van der Waals surface area contributed by atoms with Crippen LogP contribution in [0.4, 0.5) is 0 Å². The van der Waals surface area contributed by atoms with Crippen LogP contribution in [-0.2, 0) is 0 Å². The molecule has 0 saturated carbocycles. The number of hydrogen-bond donors (Lipinski definition) is 1. The molecule has 0 radical (unpaired) electrons. The van der Waals surface area contributed by atoms with E-state index in [1.54, 1.807) is 37.1 Å². The molecule has 0 aromatic heterocycles. The first-order chi connectivity index (χ1) is 8.45. The van der Waals surface area contributed by atoms with Gasteiger partial charge in [0.1, 0.15) is 5.75 Å². The predicted octanol–water partition coefficient (Wildman–Crippen LogP) is 2.19. The van der Waals surface area contributed by atoms with Crippen molar-refractivity contribution in [3.8, 4) is 5.75 Å². The Labute approximate surface area is 112 Å². The highest BCUT2D eigenvalue weighted by atomic mass is 35.5. The van der Waals surface area contributed by atoms with Crippen LogP contribution in [0.15, 0.2) is 18.2 Å². The van der Waals surface area contributed by atoms with E-state index in [0.29, 0.717) is 29.3 Å². The number of ether oxygens (including phenoxy) is 1. The van der Waals surface area contributed by atoms with E-state index in [-0.39, 0.29) is 5.91 Å². The Morgan fingerprint density at radius 3 is 2.78 bits per heavy atom. The summed E-state index contributed by atoms with van der Waals surface area (Å²) in [5.41, 5.74) is 0.429. The van der Waals surface area contributed by atoms with Gasteiger partial charge in [-0.3, -0.25) is 4.79 Å². The molecule has 100 valence electrons. The third kappa shape index (κ3) is 3.89. The summed E-state index contributed by atoms with van der Waals surface area (Å²) >= 11 is 5.88. The number of benzene rings is 1. The van der Waals surface area contributed by atoms with E-state index in [2.05, 4.69) is 0 Å². The van der Waals surface area contributed by atoms with Gasteiger partial charge in [0.05, 0.1) is 18.8 Å². The van der Waals surface area contributed by atoms with Crippen molar-refractivity contribution in [2.45, 2.75) is 19.4 Å². The number of aliphatic hydroxyl groups is 1. The Balaban J connectivity index is 2.85. The molecule has 18 heavy (non-hydrogen) atoms. The third-order valence-corrected chi connectivity index (χ3v) is 2.86. The highest BCUT2D eigenvalue weighted by Gasteiger charge is 2.17. The van der Waals surface area contributed by atoms with Crippen molar-refractivity contribution in [3.05, 3.63) is 28.8 Å². The molecular weight excluding hydrogens is 254 g/mol. The fraction of sp³-hybridized carbons (Fsp3) is 0.462. The summed E-state index contributed by atoms with van der Waals surface area (Å²) in [6, 6.07) is 4.92. The average molecular weight is 272 g/mol. The van der Waals surface area contributed by atoms with Crippen LogP contribution < -0.4 is 4.74 Å². The topological polar surface area (TPSA) is 49.8 Å². The lowest BCUT2D eigenvalue weighted by atomic mass is 10.1. The van der Waals surface area contributed by atoms with E-state index in [1.165, 1.54) is 7.11 Å². The van der Waals surface area contributed by atoms with Crippen molar-refractivity contribution in [1.29, 1.82) is 0 Å². The first kappa shape index (κ1) is 14.8. The zero-order valence-corrected chi connectivity index (χ0v) is 11.6. The van der Waals surface area contributed by atoms with Crippen LogP contribution in [0.3, 0.4) is 0 Å². The van der Waals surface area contributed by atoms with Crippen LogP contribution in [0.25, 0.3) is 0 Å². The summed E-state index contributed by atoms with van der Waals surface area (Å²) in [5, 5.41) is 9.70. The molecule has 0 heterocycles. The molecule has 0 bridgehead atoms. The lowest BCUT2D eigenvalue weighted by molar-refractivity contribution is 0.0765.